The molecule has 9 heteroatoms. The number of hydrogen-bond donors (Lipinski definition) is 2. The first-order chi connectivity index (χ1) is 18.7. The van der Waals surface area contributed by atoms with E-state index in [0.717, 1.165) is 19.3 Å². The molecule has 2 N–H and O–H groups in total. The van der Waals surface area contributed by atoms with Gasteiger partial charge in [-0.15, -0.1) is 0 Å². The monoisotopic (exact) mass is 539 g/mol. The number of fused-ring (bicyclic) bond motifs is 1. The van der Waals surface area contributed by atoms with E-state index in [1.54, 1.807) is 36.3 Å². The van der Waals surface area contributed by atoms with Gasteiger partial charge in [-0.2, -0.15) is 0 Å². The van der Waals surface area contributed by atoms with E-state index < -0.39 is 29.6 Å². The summed E-state index contributed by atoms with van der Waals surface area (Å²) in [5.41, 5.74) is -0.590. The maximum atomic E-state index is 14.0. The Morgan fingerprint density at radius 1 is 1.21 bits per heavy atom. The second-order valence-electron chi connectivity index (χ2n) is 11.6. The number of carbonyl (C=O) groups excluding carboxylic acids is 3. The molecule has 9 nitrogen and oxygen atoms in total. The van der Waals surface area contributed by atoms with Gasteiger partial charge in [-0.1, -0.05) is 38.0 Å². The molecule has 0 unspecified atom stereocenters. The van der Waals surface area contributed by atoms with Gasteiger partial charge in [-0.25, -0.2) is 0 Å². The highest BCUT2D eigenvalue weighted by atomic mass is 16.5. The van der Waals surface area contributed by atoms with Gasteiger partial charge in [0.05, 0.1) is 31.2 Å². The molecule has 1 aromatic carbocycles. The molecule has 2 bridgehead atoms. The van der Waals surface area contributed by atoms with Crippen molar-refractivity contribution in [2.24, 2.45) is 17.8 Å². The van der Waals surface area contributed by atoms with Crippen molar-refractivity contribution < 1.29 is 28.6 Å². The molecule has 0 aromatic heterocycles. The van der Waals surface area contributed by atoms with Gasteiger partial charge >= 0.3 is 0 Å². The number of ether oxygens (including phenoxy) is 3. The SMILES string of the molecule is COc1cccc(NC(=O)[C@@H]2[C@@H]3C=C[C@]4(O3)[C@@H]2C(=O)N(CCCOC(C)C)[C@H]4C(=O)N[C@@H]2CCCC[C@@H]2C)c1. The maximum absolute atomic E-state index is 14.0. The Hall–Kier alpha value is -2.91. The van der Waals surface area contributed by atoms with Crippen LogP contribution in [0.4, 0.5) is 5.69 Å². The lowest BCUT2D eigenvalue weighted by atomic mass is 9.74. The molecule has 5 rings (SSSR count). The van der Waals surface area contributed by atoms with Gasteiger partial charge in [-0.05, 0) is 51.2 Å². The summed E-state index contributed by atoms with van der Waals surface area (Å²) in [5.74, 6) is -1.24. The lowest BCUT2D eigenvalue weighted by Gasteiger charge is -2.36. The van der Waals surface area contributed by atoms with Crippen molar-refractivity contribution in [2.45, 2.75) is 82.8 Å². The van der Waals surface area contributed by atoms with Gasteiger partial charge in [0.1, 0.15) is 17.4 Å². The van der Waals surface area contributed by atoms with E-state index in [4.69, 9.17) is 14.2 Å². The summed E-state index contributed by atoms with van der Waals surface area (Å²) in [6, 6.07) is 6.33. The quantitative estimate of drug-likeness (QED) is 0.349. The van der Waals surface area contributed by atoms with Crippen LogP contribution in [0.5, 0.6) is 5.75 Å². The maximum Gasteiger partial charge on any atom is 0.246 e. The average Bonchev–Trinajstić information content (AvgIpc) is 3.55. The third-order valence-corrected chi connectivity index (χ3v) is 8.70. The van der Waals surface area contributed by atoms with Gasteiger partial charge in [0.2, 0.25) is 17.7 Å². The zero-order chi connectivity index (χ0) is 27.7. The molecule has 3 aliphatic heterocycles. The summed E-state index contributed by atoms with van der Waals surface area (Å²) in [4.78, 5) is 43.2. The molecule has 1 aliphatic carbocycles. The van der Waals surface area contributed by atoms with Crippen LogP contribution in [-0.2, 0) is 23.9 Å². The average molecular weight is 540 g/mol. The molecule has 3 heterocycles. The first-order valence-electron chi connectivity index (χ1n) is 14.3. The Morgan fingerprint density at radius 3 is 2.74 bits per heavy atom. The molecule has 3 fully saturated rings. The molecule has 1 saturated carbocycles. The molecule has 4 aliphatic rings. The number of benzene rings is 1. The van der Waals surface area contributed by atoms with E-state index in [1.807, 2.05) is 26.0 Å². The van der Waals surface area contributed by atoms with Crippen LogP contribution in [0, 0.1) is 17.8 Å². The third kappa shape index (κ3) is 5.18. The van der Waals surface area contributed by atoms with E-state index in [2.05, 4.69) is 17.6 Å². The Labute approximate surface area is 230 Å². The van der Waals surface area contributed by atoms with Crippen LogP contribution in [0.15, 0.2) is 36.4 Å². The van der Waals surface area contributed by atoms with Crippen molar-refractivity contribution >= 4 is 23.4 Å². The molecular weight excluding hydrogens is 498 g/mol. The Balaban J connectivity index is 1.40. The van der Waals surface area contributed by atoms with Crippen molar-refractivity contribution in [1.29, 1.82) is 0 Å². The molecule has 0 radical (unpaired) electrons. The summed E-state index contributed by atoms with van der Waals surface area (Å²) in [6.07, 6.45) is 8.04. The number of amides is 3. The number of anilines is 1. The smallest absolute Gasteiger partial charge is 0.246 e. The number of nitrogens with one attached hydrogen (secondary N) is 2. The summed E-state index contributed by atoms with van der Waals surface area (Å²) in [6.45, 7) is 6.94. The van der Waals surface area contributed by atoms with E-state index in [9.17, 15) is 14.4 Å². The van der Waals surface area contributed by atoms with Crippen LogP contribution in [0.2, 0.25) is 0 Å². The first-order valence-corrected chi connectivity index (χ1v) is 14.3. The van der Waals surface area contributed by atoms with Gasteiger partial charge in [-0.3, -0.25) is 14.4 Å². The van der Waals surface area contributed by atoms with E-state index in [0.29, 0.717) is 36.9 Å². The standard InChI is InChI=1S/C30H41N3O6/c1-18(2)38-16-8-15-33-26(28(35)32-22-12-6-5-9-19(22)3)30-14-13-23(39-30)24(25(30)29(33)36)27(34)31-20-10-7-11-21(17-20)37-4/h7,10-11,13-14,17-19,22-26H,5-6,8-9,12,15-16H2,1-4H3,(H,31,34)(H,32,35)/t19-,22+,23-,24+,25-,26-,30-/m0/s1. The molecule has 39 heavy (non-hydrogen) atoms. The largest absolute Gasteiger partial charge is 0.497 e. The van der Waals surface area contributed by atoms with Gasteiger partial charge in [0.15, 0.2) is 0 Å². The number of nitrogens with zero attached hydrogens (tertiary/aromatic N) is 1. The van der Waals surface area contributed by atoms with E-state index >= 15 is 0 Å². The first kappa shape index (κ1) is 27.6. The predicted molar refractivity (Wildman–Crippen MR) is 146 cm³/mol. The minimum absolute atomic E-state index is 0.0673. The fourth-order valence-electron chi connectivity index (χ4n) is 6.78. The van der Waals surface area contributed by atoms with Crippen molar-refractivity contribution in [3.63, 3.8) is 0 Å². The zero-order valence-corrected chi connectivity index (χ0v) is 23.4. The summed E-state index contributed by atoms with van der Waals surface area (Å²) in [7, 11) is 1.57. The van der Waals surface area contributed by atoms with Gasteiger partial charge < -0.3 is 29.7 Å². The molecule has 2 saturated heterocycles. The van der Waals surface area contributed by atoms with Crippen LogP contribution in [0.25, 0.3) is 0 Å². The summed E-state index contributed by atoms with van der Waals surface area (Å²) >= 11 is 0. The lowest BCUT2D eigenvalue weighted by molar-refractivity contribution is -0.141. The zero-order valence-electron chi connectivity index (χ0n) is 23.4. The highest BCUT2D eigenvalue weighted by molar-refractivity contribution is 6.02. The van der Waals surface area contributed by atoms with Crippen LogP contribution < -0.4 is 15.4 Å². The molecule has 1 aromatic rings. The molecule has 7 atom stereocenters. The van der Waals surface area contributed by atoms with E-state index in [1.165, 1.54) is 6.42 Å². The lowest BCUT2D eigenvalue weighted by Crippen LogP contribution is -2.57. The minimum atomic E-state index is -1.17. The summed E-state index contributed by atoms with van der Waals surface area (Å²) in [5, 5.41) is 6.21. The number of methoxy groups -OCH3 is 1. The Bertz CT molecular complexity index is 1120. The Kier molecular flexibility index (Phi) is 8.01. The van der Waals surface area contributed by atoms with Crippen LogP contribution in [0.3, 0.4) is 0 Å². The fourth-order valence-corrected chi connectivity index (χ4v) is 6.78. The number of carbonyl (C=O) groups is 3. The fraction of sp³-hybridized carbons (Fsp3) is 0.633. The van der Waals surface area contributed by atoms with E-state index in [-0.39, 0.29) is 29.9 Å². The third-order valence-electron chi connectivity index (χ3n) is 8.70. The van der Waals surface area contributed by atoms with Crippen LogP contribution in [-0.4, -0.2) is 72.8 Å². The number of hydrogen-bond acceptors (Lipinski definition) is 6. The molecule has 1 spiro atoms. The van der Waals surface area contributed by atoms with Crippen LogP contribution >= 0.6 is 0 Å². The van der Waals surface area contributed by atoms with Crippen molar-refractivity contribution in [2.75, 3.05) is 25.6 Å². The highest BCUT2D eigenvalue weighted by Gasteiger charge is 2.72. The predicted octanol–water partition coefficient (Wildman–Crippen LogP) is 3.29. The van der Waals surface area contributed by atoms with Gasteiger partial charge in [0, 0.05) is 30.9 Å². The molecule has 212 valence electrons. The second-order valence-corrected chi connectivity index (χ2v) is 11.6. The minimum Gasteiger partial charge on any atom is -0.497 e. The topological polar surface area (TPSA) is 106 Å². The van der Waals surface area contributed by atoms with Crippen molar-refractivity contribution in [1.82, 2.24) is 10.2 Å². The van der Waals surface area contributed by atoms with Gasteiger partial charge in [0.25, 0.3) is 0 Å². The van der Waals surface area contributed by atoms with Crippen molar-refractivity contribution in [3.8, 4) is 5.75 Å². The summed E-state index contributed by atoms with van der Waals surface area (Å²) < 4.78 is 17.4. The second kappa shape index (κ2) is 11.3. The van der Waals surface area contributed by atoms with Crippen LogP contribution in [0.1, 0.15) is 52.9 Å². The Morgan fingerprint density at radius 2 is 2.00 bits per heavy atom. The molecular formula is C30H41N3O6. The van der Waals surface area contributed by atoms with Crippen molar-refractivity contribution in [3.05, 3.63) is 36.4 Å². The number of likely N-dealkylation sites (tertiary alicyclic amines) is 1. The number of rotatable bonds is 10. The molecule has 3 amide bonds. The highest BCUT2D eigenvalue weighted by Crippen LogP contribution is 2.55. The normalized spacial score (nSPS) is 32.9.